The van der Waals surface area contributed by atoms with Crippen LogP contribution < -0.4 is 0 Å². The van der Waals surface area contributed by atoms with Crippen molar-refractivity contribution in [1.29, 1.82) is 0 Å². The predicted molar refractivity (Wildman–Crippen MR) is 106 cm³/mol. The van der Waals surface area contributed by atoms with Gasteiger partial charge < -0.3 is 18.9 Å². The first kappa shape index (κ1) is 23.1. The molecule has 1 aromatic carbocycles. The fraction of sp³-hybridized carbons (Fsp3) is 0.455. The molecule has 0 unspecified atom stereocenters. The Morgan fingerprint density at radius 3 is 1.80 bits per heavy atom. The van der Waals surface area contributed by atoms with Gasteiger partial charge in [-0.25, -0.2) is 9.59 Å². The van der Waals surface area contributed by atoms with E-state index in [2.05, 4.69) is 0 Å². The summed E-state index contributed by atoms with van der Waals surface area (Å²) in [5.74, 6) is -3.78. The fourth-order valence-corrected chi connectivity index (χ4v) is 3.48. The smallest absolute Gasteiger partial charge is 0.339 e. The van der Waals surface area contributed by atoms with Crippen LogP contribution in [0.25, 0.3) is 5.57 Å². The molecule has 0 bridgehead atoms. The van der Waals surface area contributed by atoms with Crippen LogP contribution in [0.4, 0.5) is 0 Å². The molecule has 0 aromatic heterocycles. The first-order chi connectivity index (χ1) is 14.4. The van der Waals surface area contributed by atoms with Gasteiger partial charge in [0.25, 0.3) is 0 Å². The van der Waals surface area contributed by atoms with Gasteiger partial charge in [-0.1, -0.05) is 24.3 Å². The molecule has 0 atom stereocenters. The number of rotatable bonds is 8. The third-order valence-corrected chi connectivity index (χ3v) is 4.63. The van der Waals surface area contributed by atoms with Crippen LogP contribution in [0.15, 0.2) is 29.8 Å². The zero-order chi connectivity index (χ0) is 22.3. The minimum absolute atomic E-state index is 0.0260. The van der Waals surface area contributed by atoms with Gasteiger partial charge in [-0.2, -0.15) is 0 Å². The molecule has 0 aliphatic heterocycles. The number of carbonyl (C=O) groups is 4. The number of ether oxygens (including phenoxy) is 4. The number of fused-ring (bicyclic) bond motifs is 1. The third-order valence-electron chi connectivity index (χ3n) is 4.63. The molecule has 0 saturated carbocycles. The minimum atomic E-state index is -2.19. The van der Waals surface area contributed by atoms with Crippen molar-refractivity contribution in [3.05, 3.63) is 41.0 Å². The molecular formula is C22H26O8. The van der Waals surface area contributed by atoms with Crippen LogP contribution in [0, 0.1) is 5.41 Å². The number of esters is 4. The molecule has 0 amide bonds. The number of hydrogen-bond acceptors (Lipinski definition) is 8. The van der Waals surface area contributed by atoms with E-state index < -0.39 is 34.9 Å². The molecule has 1 aromatic rings. The molecule has 162 valence electrons. The summed E-state index contributed by atoms with van der Waals surface area (Å²) < 4.78 is 20.7. The molecule has 0 N–H and O–H groups in total. The Bertz CT molecular complexity index is 850. The number of hydrogen-bond donors (Lipinski definition) is 0. The van der Waals surface area contributed by atoms with Crippen LogP contribution in [-0.2, 0) is 44.5 Å². The van der Waals surface area contributed by atoms with Crippen LogP contribution in [0.2, 0.25) is 0 Å². The SMILES string of the molecule is CCOC(=O)C1=C(C(=O)OCC)C(C(=O)OCC)(C(=O)OCC)Cc2ccccc21. The first-order valence-corrected chi connectivity index (χ1v) is 9.90. The predicted octanol–water partition coefficient (Wildman–Crippen LogP) is 2.24. The zero-order valence-corrected chi connectivity index (χ0v) is 17.6. The van der Waals surface area contributed by atoms with E-state index in [9.17, 15) is 19.2 Å². The van der Waals surface area contributed by atoms with E-state index in [1.54, 1.807) is 52.0 Å². The average Bonchev–Trinajstić information content (AvgIpc) is 2.72. The highest BCUT2D eigenvalue weighted by Gasteiger charge is 2.59. The molecule has 0 spiro atoms. The average molecular weight is 418 g/mol. The van der Waals surface area contributed by atoms with Crippen LogP contribution in [0.1, 0.15) is 38.8 Å². The quantitative estimate of drug-likeness (QED) is 0.360. The summed E-state index contributed by atoms with van der Waals surface area (Å²) in [6.45, 7) is 6.28. The van der Waals surface area contributed by atoms with Gasteiger partial charge in [-0.05, 0) is 38.8 Å². The molecule has 1 aliphatic rings. The molecule has 2 rings (SSSR count). The highest BCUT2D eigenvalue weighted by molar-refractivity contribution is 6.28. The van der Waals surface area contributed by atoms with E-state index in [0.29, 0.717) is 11.1 Å². The number of benzene rings is 1. The van der Waals surface area contributed by atoms with Crippen molar-refractivity contribution in [2.75, 3.05) is 26.4 Å². The van der Waals surface area contributed by atoms with Crippen LogP contribution in [0.5, 0.6) is 0 Å². The molecule has 0 radical (unpaired) electrons. The summed E-state index contributed by atoms with van der Waals surface area (Å²) in [4.78, 5) is 52.3. The lowest BCUT2D eigenvalue weighted by atomic mass is 9.67. The summed E-state index contributed by atoms with van der Waals surface area (Å²) >= 11 is 0. The number of carbonyl (C=O) groups excluding carboxylic acids is 4. The largest absolute Gasteiger partial charge is 0.465 e. The lowest BCUT2D eigenvalue weighted by Gasteiger charge is -2.35. The zero-order valence-electron chi connectivity index (χ0n) is 17.6. The van der Waals surface area contributed by atoms with Crippen LogP contribution in [0.3, 0.4) is 0 Å². The van der Waals surface area contributed by atoms with Gasteiger partial charge in [0.1, 0.15) is 0 Å². The Morgan fingerprint density at radius 1 is 0.767 bits per heavy atom. The van der Waals surface area contributed by atoms with E-state index in [1.807, 2.05) is 0 Å². The van der Waals surface area contributed by atoms with E-state index in [-0.39, 0.29) is 38.4 Å². The summed E-state index contributed by atoms with van der Waals surface area (Å²) in [7, 11) is 0. The molecule has 30 heavy (non-hydrogen) atoms. The second kappa shape index (κ2) is 10.0. The van der Waals surface area contributed by atoms with Gasteiger partial charge in [0.2, 0.25) is 5.41 Å². The Labute approximate surface area is 175 Å². The standard InChI is InChI=1S/C22H26O8/c1-5-27-18(23)16-15-12-10-9-11-14(15)13-22(20(25)29-7-3,21(26)30-8-4)17(16)19(24)28-6-2/h9-12H,5-8,13H2,1-4H3. The topological polar surface area (TPSA) is 105 Å². The van der Waals surface area contributed by atoms with E-state index in [1.165, 1.54) is 0 Å². The van der Waals surface area contributed by atoms with E-state index >= 15 is 0 Å². The van der Waals surface area contributed by atoms with Crippen molar-refractivity contribution in [3.63, 3.8) is 0 Å². The maximum absolute atomic E-state index is 13.2. The summed E-state index contributed by atoms with van der Waals surface area (Å²) in [5, 5.41) is 0. The lowest BCUT2D eigenvalue weighted by Crippen LogP contribution is -2.50. The van der Waals surface area contributed by atoms with E-state index in [4.69, 9.17) is 18.9 Å². The monoisotopic (exact) mass is 418 g/mol. The lowest BCUT2D eigenvalue weighted by molar-refractivity contribution is -0.171. The van der Waals surface area contributed by atoms with E-state index in [0.717, 1.165) is 0 Å². The maximum Gasteiger partial charge on any atom is 0.339 e. The van der Waals surface area contributed by atoms with Crippen LogP contribution in [-0.4, -0.2) is 50.3 Å². The Morgan fingerprint density at radius 2 is 1.27 bits per heavy atom. The molecule has 8 nitrogen and oxygen atoms in total. The second-order valence-electron chi connectivity index (χ2n) is 6.37. The van der Waals surface area contributed by atoms with Gasteiger partial charge >= 0.3 is 23.9 Å². The van der Waals surface area contributed by atoms with Gasteiger partial charge in [-0.15, -0.1) is 0 Å². The van der Waals surface area contributed by atoms with Gasteiger partial charge in [0.15, 0.2) is 0 Å². The third kappa shape index (κ3) is 4.08. The van der Waals surface area contributed by atoms with Crippen LogP contribution >= 0.6 is 0 Å². The first-order valence-electron chi connectivity index (χ1n) is 9.90. The van der Waals surface area contributed by atoms with Gasteiger partial charge in [0, 0.05) is 6.42 Å². The molecule has 1 aliphatic carbocycles. The van der Waals surface area contributed by atoms with Crippen molar-refractivity contribution in [1.82, 2.24) is 0 Å². The highest BCUT2D eigenvalue weighted by Crippen LogP contribution is 2.46. The normalized spacial score (nSPS) is 14.4. The van der Waals surface area contributed by atoms with Crippen molar-refractivity contribution in [2.45, 2.75) is 34.1 Å². The fourth-order valence-electron chi connectivity index (χ4n) is 3.48. The van der Waals surface area contributed by atoms with Gasteiger partial charge in [0.05, 0.1) is 37.6 Å². The molecule has 0 saturated heterocycles. The summed E-state index contributed by atoms with van der Waals surface area (Å²) in [6, 6.07) is 6.69. The molecule has 8 heteroatoms. The van der Waals surface area contributed by atoms with Gasteiger partial charge in [-0.3, -0.25) is 9.59 Å². The molecule has 0 heterocycles. The summed E-state index contributed by atoms with van der Waals surface area (Å²) in [5.41, 5.74) is -1.90. The van der Waals surface area contributed by atoms with Crippen molar-refractivity contribution in [2.24, 2.45) is 5.41 Å². The molecule has 0 fully saturated rings. The Kier molecular flexibility index (Phi) is 7.74. The van der Waals surface area contributed by atoms with Crippen molar-refractivity contribution in [3.8, 4) is 0 Å². The second-order valence-corrected chi connectivity index (χ2v) is 6.37. The van der Waals surface area contributed by atoms with Crippen molar-refractivity contribution >= 4 is 29.5 Å². The van der Waals surface area contributed by atoms with Crippen molar-refractivity contribution < 1.29 is 38.1 Å². The maximum atomic E-state index is 13.2. The minimum Gasteiger partial charge on any atom is -0.465 e. The Balaban J connectivity index is 2.95. The Hall–Kier alpha value is -3.16. The highest BCUT2D eigenvalue weighted by atomic mass is 16.6. The molecular weight excluding hydrogens is 392 g/mol. The summed E-state index contributed by atoms with van der Waals surface area (Å²) in [6.07, 6.45) is -0.210.